The van der Waals surface area contributed by atoms with Gasteiger partial charge >= 0.3 is 0 Å². The van der Waals surface area contributed by atoms with Gasteiger partial charge in [-0.15, -0.1) is 0 Å². The lowest BCUT2D eigenvalue weighted by atomic mass is 10.1. The molecule has 27 heavy (non-hydrogen) atoms. The minimum Gasteiger partial charge on any atom is -0.378 e. The van der Waals surface area contributed by atoms with Gasteiger partial charge in [-0.25, -0.2) is 0 Å². The number of morpholine rings is 2. The molecule has 2 N–H and O–H groups in total. The molecule has 1 aromatic carbocycles. The highest BCUT2D eigenvalue weighted by molar-refractivity contribution is 5.83. The maximum absolute atomic E-state index is 13.3. The zero-order chi connectivity index (χ0) is 19.0. The predicted octanol–water partition coefficient (Wildman–Crippen LogP) is 0.865. The van der Waals surface area contributed by atoms with Crippen molar-refractivity contribution in [3.8, 4) is 0 Å². The number of quaternary nitrogens is 1. The molecular weight excluding hydrogens is 342 g/mol. The highest BCUT2D eigenvalue weighted by Crippen LogP contribution is 2.21. The van der Waals surface area contributed by atoms with Crippen molar-refractivity contribution in [2.24, 2.45) is 0 Å². The van der Waals surface area contributed by atoms with Crippen LogP contribution in [-0.2, 0) is 16.0 Å². The summed E-state index contributed by atoms with van der Waals surface area (Å²) in [5.41, 5.74) is 4.06. The molecule has 2 aliphatic heterocycles. The molecule has 0 amide bonds. The van der Waals surface area contributed by atoms with Crippen LogP contribution in [0.1, 0.15) is 25.1 Å². The standard InChI is InChI=1S/C21H29N3O3/c1-14-11-23(12-15(2)27-14)13-19-16(3)22-20-5-4-17(10-18(20)21(19)25)24-6-8-26-9-7-24/h4-5,10,14-15H,6-9,11-13H2,1-3H3,(H,22,25)/p+1/t14-,15-/m1/s1. The Balaban J connectivity index is 1.67. The van der Waals surface area contributed by atoms with E-state index in [-0.39, 0.29) is 17.6 Å². The number of aromatic nitrogens is 1. The average molecular weight is 372 g/mol. The Morgan fingerprint density at radius 3 is 2.59 bits per heavy atom. The highest BCUT2D eigenvalue weighted by Gasteiger charge is 2.27. The maximum atomic E-state index is 13.3. The van der Waals surface area contributed by atoms with Crippen LogP contribution >= 0.6 is 0 Å². The molecule has 2 aromatic rings. The number of pyridine rings is 1. The SMILES string of the molecule is Cc1[nH]c2ccc(N3CCOCC3)cc2c(=O)c1C[NH+]1C[C@@H](C)O[C@H](C)C1. The minimum atomic E-state index is 0.163. The Morgan fingerprint density at radius 2 is 1.89 bits per heavy atom. The Morgan fingerprint density at radius 1 is 1.19 bits per heavy atom. The first-order valence-electron chi connectivity index (χ1n) is 9.98. The topological polar surface area (TPSA) is 59.0 Å². The van der Waals surface area contributed by atoms with Gasteiger partial charge in [-0.05, 0) is 39.0 Å². The van der Waals surface area contributed by atoms with Gasteiger partial charge in [0.25, 0.3) is 0 Å². The van der Waals surface area contributed by atoms with E-state index in [9.17, 15) is 4.79 Å². The Kier molecular flexibility index (Phi) is 5.21. The van der Waals surface area contributed by atoms with E-state index < -0.39 is 0 Å². The molecule has 0 aliphatic carbocycles. The summed E-state index contributed by atoms with van der Waals surface area (Å²) < 4.78 is 11.3. The van der Waals surface area contributed by atoms with Crippen LogP contribution in [0.2, 0.25) is 0 Å². The molecule has 2 aliphatic rings. The van der Waals surface area contributed by atoms with Crippen LogP contribution in [0.4, 0.5) is 5.69 Å². The van der Waals surface area contributed by atoms with Crippen molar-refractivity contribution < 1.29 is 14.4 Å². The second-order valence-electron chi connectivity index (χ2n) is 7.98. The van der Waals surface area contributed by atoms with Crippen LogP contribution in [0, 0.1) is 6.92 Å². The van der Waals surface area contributed by atoms with E-state index in [0.717, 1.165) is 73.8 Å². The van der Waals surface area contributed by atoms with Crippen molar-refractivity contribution in [1.29, 1.82) is 0 Å². The summed E-state index contributed by atoms with van der Waals surface area (Å²) in [6, 6.07) is 6.17. The minimum absolute atomic E-state index is 0.163. The van der Waals surface area contributed by atoms with Gasteiger partial charge in [0.05, 0.1) is 18.8 Å². The first kappa shape index (κ1) is 18.5. The molecule has 6 nitrogen and oxygen atoms in total. The highest BCUT2D eigenvalue weighted by atomic mass is 16.5. The second-order valence-corrected chi connectivity index (χ2v) is 7.98. The van der Waals surface area contributed by atoms with Crippen molar-refractivity contribution >= 4 is 16.6 Å². The number of hydrogen-bond donors (Lipinski definition) is 2. The first-order valence-corrected chi connectivity index (χ1v) is 9.98. The Bertz CT molecular complexity index is 863. The molecule has 3 heterocycles. The van der Waals surface area contributed by atoms with Crippen molar-refractivity contribution in [3.05, 3.63) is 39.7 Å². The van der Waals surface area contributed by atoms with Gasteiger partial charge in [-0.3, -0.25) is 4.79 Å². The second kappa shape index (κ2) is 7.62. The summed E-state index contributed by atoms with van der Waals surface area (Å²) in [6.07, 6.45) is 0.466. The average Bonchev–Trinajstić information content (AvgIpc) is 2.65. The van der Waals surface area contributed by atoms with Gasteiger partial charge in [0.15, 0.2) is 5.43 Å². The molecular formula is C21H30N3O3+. The zero-order valence-electron chi connectivity index (χ0n) is 16.5. The van der Waals surface area contributed by atoms with Gasteiger partial charge in [0.1, 0.15) is 31.8 Å². The summed E-state index contributed by atoms with van der Waals surface area (Å²) in [6.45, 7) is 12.1. The van der Waals surface area contributed by atoms with E-state index in [2.05, 4.69) is 29.8 Å². The number of ether oxygens (including phenoxy) is 2. The van der Waals surface area contributed by atoms with Gasteiger partial charge < -0.3 is 24.3 Å². The lowest BCUT2D eigenvalue weighted by molar-refractivity contribution is -0.928. The van der Waals surface area contributed by atoms with Crippen LogP contribution in [-0.4, -0.2) is 56.6 Å². The van der Waals surface area contributed by atoms with Crippen LogP contribution < -0.4 is 15.2 Å². The molecule has 6 heteroatoms. The number of fused-ring (bicyclic) bond motifs is 1. The van der Waals surface area contributed by atoms with Crippen LogP contribution in [0.5, 0.6) is 0 Å². The van der Waals surface area contributed by atoms with Crippen LogP contribution in [0.25, 0.3) is 10.9 Å². The first-order chi connectivity index (χ1) is 13.0. The number of hydrogen-bond acceptors (Lipinski definition) is 4. The number of benzene rings is 1. The van der Waals surface area contributed by atoms with Crippen molar-refractivity contribution in [2.45, 2.75) is 39.5 Å². The molecule has 0 unspecified atom stereocenters. The molecule has 2 saturated heterocycles. The summed E-state index contributed by atoms with van der Waals surface area (Å²) in [4.78, 5) is 20.5. The van der Waals surface area contributed by atoms with Gasteiger partial charge in [-0.2, -0.15) is 0 Å². The van der Waals surface area contributed by atoms with Crippen LogP contribution in [0.15, 0.2) is 23.0 Å². The lowest BCUT2D eigenvalue weighted by Gasteiger charge is -2.32. The van der Waals surface area contributed by atoms with E-state index >= 15 is 0 Å². The quantitative estimate of drug-likeness (QED) is 0.839. The fourth-order valence-electron chi connectivity index (χ4n) is 4.45. The molecule has 2 fully saturated rings. The smallest absolute Gasteiger partial charge is 0.198 e. The number of aryl methyl sites for hydroxylation is 1. The fraction of sp³-hybridized carbons (Fsp3) is 0.571. The number of H-pyrrole nitrogens is 1. The zero-order valence-corrected chi connectivity index (χ0v) is 16.5. The van der Waals surface area contributed by atoms with Gasteiger partial charge in [0, 0.05) is 35.4 Å². The molecule has 0 saturated carbocycles. The molecule has 0 spiro atoms. The van der Waals surface area contributed by atoms with Gasteiger partial charge in [-0.1, -0.05) is 0 Å². The van der Waals surface area contributed by atoms with E-state index in [1.54, 1.807) is 0 Å². The van der Waals surface area contributed by atoms with E-state index in [0.29, 0.717) is 0 Å². The predicted molar refractivity (Wildman–Crippen MR) is 107 cm³/mol. The third kappa shape index (κ3) is 3.88. The molecule has 4 rings (SSSR count). The number of rotatable bonds is 3. The third-order valence-corrected chi connectivity index (χ3v) is 5.72. The van der Waals surface area contributed by atoms with Crippen molar-refractivity contribution in [3.63, 3.8) is 0 Å². The number of aromatic amines is 1. The number of nitrogens with one attached hydrogen (secondary N) is 2. The largest absolute Gasteiger partial charge is 0.378 e. The summed E-state index contributed by atoms with van der Waals surface area (Å²) in [7, 11) is 0. The molecule has 2 atom stereocenters. The van der Waals surface area contributed by atoms with Gasteiger partial charge in [0.2, 0.25) is 0 Å². The maximum Gasteiger partial charge on any atom is 0.198 e. The number of anilines is 1. The lowest BCUT2D eigenvalue weighted by Crippen LogP contribution is -3.14. The Labute approximate surface area is 160 Å². The molecule has 0 bridgehead atoms. The molecule has 1 aromatic heterocycles. The summed E-state index contributed by atoms with van der Waals surface area (Å²) in [5.74, 6) is 0. The molecule has 146 valence electrons. The van der Waals surface area contributed by atoms with E-state index in [4.69, 9.17) is 9.47 Å². The van der Waals surface area contributed by atoms with Crippen molar-refractivity contribution in [2.75, 3.05) is 44.3 Å². The Hall–Kier alpha value is -1.89. The monoisotopic (exact) mass is 372 g/mol. The normalized spacial score (nSPS) is 26.5. The van der Waals surface area contributed by atoms with E-state index in [1.165, 1.54) is 4.90 Å². The molecule has 0 radical (unpaired) electrons. The number of nitrogens with zero attached hydrogens (tertiary/aromatic N) is 1. The fourth-order valence-corrected chi connectivity index (χ4v) is 4.45. The summed E-state index contributed by atoms with van der Waals surface area (Å²) in [5, 5.41) is 0.786. The van der Waals surface area contributed by atoms with Crippen LogP contribution in [0.3, 0.4) is 0 Å². The van der Waals surface area contributed by atoms with Crippen molar-refractivity contribution in [1.82, 2.24) is 4.98 Å². The third-order valence-electron chi connectivity index (χ3n) is 5.72. The van der Waals surface area contributed by atoms with E-state index in [1.807, 2.05) is 19.1 Å². The summed E-state index contributed by atoms with van der Waals surface area (Å²) >= 11 is 0.